The molecule has 0 spiro atoms. The van der Waals surface area contributed by atoms with Crippen molar-refractivity contribution in [3.05, 3.63) is 54.1 Å². The van der Waals surface area contributed by atoms with E-state index in [1.54, 1.807) is 14.2 Å². The first-order valence-electron chi connectivity index (χ1n) is 10.6. The van der Waals surface area contributed by atoms with E-state index in [2.05, 4.69) is 20.9 Å². The molecule has 0 radical (unpaired) electrons. The molecule has 8 heteroatoms. The largest absolute Gasteiger partial charge is 0.497 e. The van der Waals surface area contributed by atoms with Crippen molar-refractivity contribution in [2.45, 2.75) is 39.8 Å². The summed E-state index contributed by atoms with van der Waals surface area (Å²) in [5.74, 6) is 2.22. The number of halogens is 1. The van der Waals surface area contributed by atoms with Gasteiger partial charge in [-0.05, 0) is 43.2 Å². The van der Waals surface area contributed by atoms with Crippen LogP contribution in [0.3, 0.4) is 0 Å². The summed E-state index contributed by atoms with van der Waals surface area (Å²) in [6.45, 7) is 7.09. The molecule has 0 bridgehead atoms. The van der Waals surface area contributed by atoms with Gasteiger partial charge in [0.05, 0.1) is 13.7 Å². The summed E-state index contributed by atoms with van der Waals surface area (Å²) in [5, 5.41) is 9.53. The van der Waals surface area contributed by atoms with Gasteiger partial charge in [0.25, 0.3) is 0 Å². The minimum absolute atomic E-state index is 0. The molecular formula is C24H35IN4O3. The average molecular weight is 554 g/mol. The molecule has 2 aromatic rings. The third-order valence-corrected chi connectivity index (χ3v) is 4.87. The summed E-state index contributed by atoms with van der Waals surface area (Å²) in [4.78, 5) is 16.4. The van der Waals surface area contributed by atoms with E-state index in [-0.39, 0.29) is 41.9 Å². The van der Waals surface area contributed by atoms with Gasteiger partial charge in [-0.25, -0.2) is 0 Å². The molecule has 0 aliphatic rings. The summed E-state index contributed by atoms with van der Waals surface area (Å²) in [5.41, 5.74) is 1.85. The molecule has 2 rings (SSSR count). The summed E-state index contributed by atoms with van der Waals surface area (Å²) < 4.78 is 11.2. The summed E-state index contributed by atoms with van der Waals surface area (Å²) in [7, 11) is 3.36. The van der Waals surface area contributed by atoms with Crippen LogP contribution in [0.2, 0.25) is 0 Å². The van der Waals surface area contributed by atoms with E-state index >= 15 is 0 Å². The van der Waals surface area contributed by atoms with E-state index in [1.807, 2.05) is 69.3 Å². The number of nitrogens with one attached hydrogen (secondary N) is 3. The van der Waals surface area contributed by atoms with Crippen molar-refractivity contribution < 1.29 is 14.3 Å². The third-order valence-electron chi connectivity index (χ3n) is 4.87. The number of hydrogen-bond donors (Lipinski definition) is 3. The van der Waals surface area contributed by atoms with E-state index in [9.17, 15) is 4.79 Å². The third kappa shape index (κ3) is 9.33. The Labute approximate surface area is 208 Å². The number of ether oxygens (including phenoxy) is 2. The standard InChI is InChI=1S/C24H34N4O3.HI/c1-6-17(2)23(29)28-20-10-7-9-19(13-20)16-27-24(25-4)26-15-18(3)31-22-12-8-11-21(14-22)30-5;/h7-14,17-18H,6,15-16H2,1-5H3,(H,28,29)(H2,25,26,27);1H. The molecule has 176 valence electrons. The Bertz CT molecular complexity index is 876. The number of nitrogens with zero attached hydrogens (tertiary/aromatic N) is 1. The molecule has 0 saturated carbocycles. The van der Waals surface area contributed by atoms with Gasteiger partial charge in [0.15, 0.2) is 5.96 Å². The first-order chi connectivity index (χ1) is 14.9. The summed E-state index contributed by atoms with van der Waals surface area (Å²) in [6, 6.07) is 15.3. The summed E-state index contributed by atoms with van der Waals surface area (Å²) >= 11 is 0. The van der Waals surface area contributed by atoms with E-state index in [4.69, 9.17) is 9.47 Å². The minimum atomic E-state index is -0.0650. The number of carbonyl (C=O) groups excluding carboxylic acids is 1. The molecule has 32 heavy (non-hydrogen) atoms. The SMILES string of the molecule is CCC(C)C(=O)Nc1cccc(CNC(=NC)NCC(C)Oc2cccc(OC)c2)c1.I. The molecule has 1 amide bonds. The smallest absolute Gasteiger partial charge is 0.227 e. The van der Waals surface area contributed by atoms with Crippen LogP contribution in [0.5, 0.6) is 11.5 Å². The number of benzene rings is 2. The van der Waals surface area contributed by atoms with Crippen molar-refractivity contribution in [2.24, 2.45) is 10.9 Å². The van der Waals surface area contributed by atoms with Crippen LogP contribution in [0.25, 0.3) is 0 Å². The predicted molar refractivity (Wildman–Crippen MR) is 141 cm³/mol. The molecule has 2 unspecified atom stereocenters. The van der Waals surface area contributed by atoms with E-state index in [1.165, 1.54) is 0 Å². The molecule has 0 aromatic heterocycles. The van der Waals surface area contributed by atoms with Crippen LogP contribution in [0, 0.1) is 5.92 Å². The highest BCUT2D eigenvalue weighted by molar-refractivity contribution is 14.0. The van der Waals surface area contributed by atoms with Crippen molar-refractivity contribution in [2.75, 3.05) is 26.0 Å². The second kappa shape index (κ2) is 14.5. The Hall–Kier alpha value is -2.49. The van der Waals surface area contributed by atoms with Gasteiger partial charge in [0.2, 0.25) is 5.91 Å². The zero-order valence-corrected chi connectivity index (χ0v) is 21.8. The second-order valence-electron chi connectivity index (χ2n) is 7.41. The first-order valence-corrected chi connectivity index (χ1v) is 10.6. The van der Waals surface area contributed by atoms with E-state index in [0.717, 1.165) is 29.2 Å². The number of anilines is 1. The monoisotopic (exact) mass is 554 g/mol. The van der Waals surface area contributed by atoms with Gasteiger partial charge in [0.1, 0.15) is 17.6 Å². The Morgan fingerprint density at radius 2 is 1.78 bits per heavy atom. The number of aliphatic imine (C=N–C) groups is 1. The number of carbonyl (C=O) groups is 1. The van der Waals surface area contributed by atoms with Crippen molar-refractivity contribution in [1.82, 2.24) is 10.6 Å². The number of rotatable bonds is 10. The lowest BCUT2D eigenvalue weighted by atomic mass is 10.1. The van der Waals surface area contributed by atoms with Crippen LogP contribution in [-0.2, 0) is 11.3 Å². The Morgan fingerprint density at radius 3 is 2.47 bits per heavy atom. The van der Waals surface area contributed by atoms with Crippen molar-refractivity contribution in [3.8, 4) is 11.5 Å². The van der Waals surface area contributed by atoms with Gasteiger partial charge in [-0.3, -0.25) is 9.79 Å². The molecule has 3 N–H and O–H groups in total. The molecule has 0 saturated heterocycles. The highest BCUT2D eigenvalue weighted by atomic mass is 127. The maximum absolute atomic E-state index is 12.1. The van der Waals surface area contributed by atoms with Crippen molar-refractivity contribution >= 4 is 41.5 Å². The van der Waals surface area contributed by atoms with E-state index in [0.29, 0.717) is 19.0 Å². The van der Waals surface area contributed by atoms with Gasteiger partial charge in [-0.2, -0.15) is 0 Å². The fourth-order valence-corrected chi connectivity index (χ4v) is 2.81. The number of methoxy groups -OCH3 is 1. The molecular weight excluding hydrogens is 519 g/mol. The molecule has 2 atom stereocenters. The van der Waals surface area contributed by atoms with Crippen LogP contribution in [0.1, 0.15) is 32.8 Å². The zero-order chi connectivity index (χ0) is 22.6. The molecule has 2 aromatic carbocycles. The predicted octanol–water partition coefficient (Wildman–Crippen LogP) is 4.43. The van der Waals surface area contributed by atoms with Crippen LogP contribution >= 0.6 is 24.0 Å². The lowest BCUT2D eigenvalue weighted by Crippen LogP contribution is -2.41. The first kappa shape index (κ1) is 27.5. The Morgan fingerprint density at radius 1 is 1.06 bits per heavy atom. The van der Waals surface area contributed by atoms with Crippen LogP contribution in [-0.4, -0.2) is 38.7 Å². The molecule has 0 heterocycles. The number of amides is 1. The van der Waals surface area contributed by atoms with E-state index < -0.39 is 0 Å². The lowest BCUT2D eigenvalue weighted by Gasteiger charge is -2.18. The average Bonchev–Trinajstić information content (AvgIpc) is 2.78. The van der Waals surface area contributed by atoms with Gasteiger partial charge in [-0.15, -0.1) is 24.0 Å². The topological polar surface area (TPSA) is 84.0 Å². The summed E-state index contributed by atoms with van der Waals surface area (Å²) in [6.07, 6.45) is 0.749. The second-order valence-corrected chi connectivity index (χ2v) is 7.41. The van der Waals surface area contributed by atoms with Gasteiger partial charge in [-0.1, -0.05) is 32.0 Å². The molecule has 0 fully saturated rings. The maximum Gasteiger partial charge on any atom is 0.227 e. The minimum Gasteiger partial charge on any atom is -0.497 e. The Balaban J connectivity index is 0.00000512. The van der Waals surface area contributed by atoms with Gasteiger partial charge < -0.3 is 25.4 Å². The van der Waals surface area contributed by atoms with Crippen LogP contribution in [0.4, 0.5) is 5.69 Å². The van der Waals surface area contributed by atoms with Gasteiger partial charge >= 0.3 is 0 Å². The quantitative estimate of drug-likeness (QED) is 0.230. The fourth-order valence-electron chi connectivity index (χ4n) is 2.81. The van der Waals surface area contributed by atoms with Crippen molar-refractivity contribution in [3.63, 3.8) is 0 Å². The number of guanidine groups is 1. The fraction of sp³-hybridized carbons (Fsp3) is 0.417. The van der Waals surface area contributed by atoms with Crippen LogP contribution in [0.15, 0.2) is 53.5 Å². The maximum atomic E-state index is 12.1. The molecule has 0 aliphatic carbocycles. The Kier molecular flexibility index (Phi) is 12.5. The van der Waals surface area contributed by atoms with Crippen molar-refractivity contribution in [1.29, 1.82) is 0 Å². The number of hydrogen-bond acceptors (Lipinski definition) is 4. The van der Waals surface area contributed by atoms with Crippen LogP contribution < -0.4 is 25.4 Å². The normalized spacial score (nSPS) is 12.7. The van der Waals surface area contributed by atoms with Gasteiger partial charge in [0, 0.05) is 31.3 Å². The highest BCUT2D eigenvalue weighted by Gasteiger charge is 2.11. The highest BCUT2D eigenvalue weighted by Crippen LogP contribution is 2.19. The lowest BCUT2D eigenvalue weighted by molar-refractivity contribution is -0.119. The molecule has 0 aliphatic heterocycles. The molecule has 7 nitrogen and oxygen atoms in total. The zero-order valence-electron chi connectivity index (χ0n) is 19.5.